The lowest BCUT2D eigenvalue weighted by Crippen LogP contribution is -2.44. The van der Waals surface area contributed by atoms with Crippen molar-refractivity contribution >= 4 is 29.1 Å². The van der Waals surface area contributed by atoms with E-state index in [2.05, 4.69) is 10.4 Å². The SMILES string of the molecule is CC(C)(NC(=O)Cn1nc(-c2ccc(Cl)cc2)n(CCCl)c1=O)c1cccc(C(F)(F)F)c1. The van der Waals surface area contributed by atoms with Gasteiger partial charge in [0.15, 0.2) is 5.82 Å². The number of carbonyl (C=O) groups is 1. The third-order valence-corrected chi connectivity index (χ3v) is 5.41. The first-order valence-electron chi connectivity index (χ1n) is 9.90. The normalized spacial score (nSPS) is 12.1. The Morgan fingerprint density at radius 3 is 2.33 bits per heavy atom. The zero-order valence-electron chi connectivity index (χ0n) is 17.8. The highest BCUT2D eigenvalue weighted by atomic mass is 35.5. The van der Waals surface area contributed by atoms with Crippen LogP contribution in [0.2, 0.25) is 5.02 Å². The quantitative estimate of drug-likeness (QED) is 0.479. The van der Waals surface area contributed by atoms with Gasteiger partial charge in [0, 0.05) is 23.0 Å². The molecule has 0 aliphatic carbocycles. The lowest BCUT2D eigenvalue weighted by atomic mass is 9.92. The summed E-state index contributed by atoms with van der Waals surface area (Å²) in [7, 11) is 0. The highest BCUT2D eigenvalue weighted by Gasteiger charge is 2.32. The van der Waals surface area contributed by atoms with Crippen molar-refractivity contribution in [3.05, 3.63) is 75.2 Å². The Hall–Kier alpha value is -2.78. The fourth-order valence-electron chi connectivity index (χ4n) is 3.32. The molecule has 6 nitrogen and oxygen atoms in total. The molecule has 0 radical (unpaired) electrons. The van der Waals surface area contributed by atoms with Crippen LogP contribution in [-0.2, 0) is 29.6 Å². The Balaban J connectivity index is 1.85. The largest absolute Gasteiger partial charge is 0.416 e. The van der Waals surface area contributed by atoms with Gasteiger partial charge in [-0.05, 0) is 55.8 Å². The van der Waals surface area contributed by atoms with Crippen molar-refractivity contribution in [2.24, 2.45) is 0 Å². The monoisotopic (exact) mass is 500 g/mol. The van der Waals surface area contributed by atoms with E-state index >= 15 is 0 Å². The molecule has 1 aromatic heterocycles. The predicted octanol–water partition coefficient (Wildman–Crippen LogP) is 4.67. The third kappa shape index (κ3) is 5.78. The summed E-state index contributed by atoms with van der Waals surface area (Å²) < 4.78 is 41.5. The smallest absolute Gasteiger partial charge is 0.346 e. The van der Waals surface area contributed by atoms with E-state index in [4.69, 9.17) is 23.2 Å². The Bertz CT molecular complexity index is 1200. The zero-order valence-corrected chi connectivity index (χ0v) is 19.3. The van der Waals surface area contributed by atoms with Gasteiger partial charge in [-0.25, -0.2) is 9.48 Å². The minimum atomic E-state index is -4.50. The molecule has 1 heterocycles. The number of halogens is 5. The molecule has 0 aliphatic heterocycles. The molecule has 0 bridgehead atoms. The van der Waals surface area contributed by atoms with Crippen molar-refractivity contribution in [1.29, 1.82) is 0 Å². The highest BCUT2D eigenvalue weighted by Crippen LogP contribution is 2.32. The lowest BCUT2D eigenvalue weighted by molar-refractivity contribution is -0.137. The van der Waals surface area contributed by atoms with Gasteiger partial charge in [-0.1, -0.05) is 23.7 Å². The molecule has 0 unspecified atom stereocenters. The van der Waals surface area contributed by atoms with Crippen molar-refractivity contribution in [1.82, 2.24) is 19.7 Å². The first-order valence-corrected chi connectivity index (χ1v) is 10.8. The van der Waals surface area contributed by atoms with Crippen LogP contribution in [0.15, 0.2) is 53.3 Å². The van der Waals surface area contributed by atoms with Crippen LogP contribution in [0.3, 0.4) is 0 Å². The van der Waals surface area contributed by atoms with Crippen LogP contribution < -0.4 is 11.0 Å². The summed E-state index contributed by atoms with van der Waals surface area (Å²) in [6.45, 7) is 2.91. The summed E-state index contributed by atoms with van der Waals surface area (Å²) in [5.41, 5.74) is -1.59. The van der Waals surface area contributed by atoms with Crippen molar-refractivity contribution < 1.29 is 18.0 Å². The van der Waals surface area contributed by atoms with Gasteiger partial charge in [-0.2, -0.15) is 13.2 Å². The fourth-order valence-corrected chi connectivity index (χ4v) is 3.62. The topological polar surface area (TPSA) is 68.9 Å². The first-order chi connectivity index (χ1) is 15.4. The van der Waals surface area contributed by atoms with Gasteiger partial charge in [-0.3, -0.25) is 9.36 Å². The van der Waals surface area contributed by atoms with Crippen molar-refractivity contribution in [3.8, 4) is 11.4 Å². The standard InChI is InChI=1S/C22H21Cl2F3N4O2/c1-21(2,15-4-3-5-16(12-15)22(25,26)27)28-18(32)13-31-20(33)30(11-10-23)19(29-31)14-6-8-17(24)9-7-14/h3-9,12H,10-11,13H2,1-2H3,(H,28,32). The number of alkyl halides is 4. The molecule has 0 fully saturated rings. The van der Waals surface area contributed by atoms with Gasteiger partial charge < -0.3 is 5.32 Å². The number of carbonyl (C=O) groups excluding carboxylic acids is 1. The second-order valence-corrected chi connectivity index (χ2v) is 8.68. The molecule has 0 saturated carbocycles. The maximum Gasteiger partial charge on any atom is 0.416 e. The van der Waals surface area contributed by atoms with E-state index < -0.39 is 35.4 Å². The van der Waals surface area contributed by atoms with E-state index in [1.807, 2.05) is 0 Å². The molecule has 0 aliphatic rings. The van der Waals surface area contributed by atoms with E-state index in [0.717, 1.165) is 16.8 Å². The lowest BCUT2D eigenvalue weighted by Gasteiger charge is -2.27. The van der Waals surface area contributed by atoms with Gasteiger partial charge >= 0.3 is 11.9 Å². The minimum Gasteiger partial charge on any atom is -0.346 e. The highest BCUT2D eigenvalue weighted by molar-refractivity contribution is 6.30. The second kappa shape index (κ2) is 9.61. The van der Waals surface area contributed by atoms with E-state index in [9.17, 15) is 22.8 Å². The Morgan fingerprint density at radius 2 is 1.73 bits per heavy atom. The summed E-state index contributed by atoms with van der Waals surface area (Å²) in [6.07, 6.45) is -4.50. The summed E-state index contributed by atoms with van der Waals surface area (Å²) in [5.74, 6) is -0.110. The number of benzene rings is 2. The average Bonchev–Trinajstić information content (AvgIpc) is 3.03. The van der Waals surface area contributed by atoms with E-state index in [1.54, 1.807) is 38.1 Å². The van der Waals surface area contributed by atoms with Crippen LogP contribution >= 0.6 is 23.2 Å². The van der Waals surface area contributed by atoms with Gasteiger partial charge in [0.05, 0.1) is 11.1 Å². The van der Waals surface area contributed by atoms with Crippen molar-refractivity contribution in [2.45, 2.75) is 38.7 Å². The number of amides is 1. The summed E-state index contributed by atoms with van der Waals surface area (Å²) in [5, 5.41) is 7.46. The maximum absolute atomic E-state index is 13.1. The van der Waals surface area contributed by atoms with Crippen LogP contribution in [0.5, 0.6) is 0 Å². The van der Waals surface area contributed by atoms with Gasteiger partial charge in [0.25, 0.3) is 0 Å². The summed E-state index contributed by atoms with van der Waals surface area (Å²) >= 11 is 11.8. The Labute approximate surface area is 197 Å². The van der Waals surface area contributed by atoms with E-state index in [0.29, 0.717) is 16.4 Å². The molecule has 3 rings (SSSR count). The molecular formula is C22H21Cl2F3N4O2. The van der Waals surface area contributed by atoms with Crippen LogP contribution in [-0.4, -0.2) is 26.1 Å². The number of nitrogens with zero attached hydrogens (tertiary/aromatic N) is 3. The molecule has 2 aromatic carbocycles. The maximum atomic E-state index is 13.1. The number of aromatic nitrogens is 3. The molecule has 1 N–H and O–H groups in total. The molecule has 176 valence electrons. The zero-order chi connectivity index (χ0) is 24.4. The molecule has 0 saturated heterocycles. The fraction of sp³-hybridized carbons (Fsp3) is 0.318. The van der Waals surface area contributed by atoms with Gasteiger partial charge in [0.2, 0.25) is 5.91 Å². The molecule has 0 atom stereocenters. The Morgan fingerprint density at radius 1 is 1.09 bits per heavy atom. The second-order valence-electron chi connectivity index (χ2n) is 7.86. The average molecular weight is 501 g/mol. The number of hydrogen-bond acceptors (Lipinski definition) is 3. The molecule has 0 spiro atoms. The molecule has 11 heteroatoms. The van der Waals surface area contributed by atoms with E-state index in [-0.39, 0.29) is 18.0 Å². The molecule has 1 amide bonds. The Kier molecular flexibility index (Phi) is 7.23. The number of rotatable bonds is 7. The van der Waals surface area contributed by atoms with Crippen LogP contribution in [0, 0.1) is 0 Å². The predicted molar refractivity (Wildman–Crippen MR) is 120 cm³/mol. The molecular weight excluding hydrogens is 480 g/mol. The van der Waals surface area contributed by atoms with Gasteiger partial charge in [-0.15, -0.1) is 16.7 Å². The minimum absolute atomic E-state index is 0.154. The van der Waals surface area contributed by atoms with Gasteiger partial charge in [0.1, 0.15) is 6.54 Å². The molecule has 3 aromatic rings. The third-order valence-electron chi connectivity index (χ3n) is 4.99. The van der Waals surface area contributed by atoms with E-state index in [1.165, 1.54) is 16.7 Å². The van der Waals surface area contributed by atoms with Crippen molar-refractivity contribution in [2.75, 3.05) is 5.88 Å². The van der Waals surface area contributed by atoms with Crippen LogP contribution in [0.1, 0.15) is 25.0 Å². The first kappa shape index (κ1) is 24.9. The summed E-state index contributed by atoms with van der Waals surface area (Å²) in [6, 6.07) is 11.4. The summed E-state index contributed by atoms with van der Waals surface area (Å²) in [4.78, 5) is 25.5. The molecule has 33 heavy (non-hydrogen) atoms. The van der Waals surface area contributed by atoms with Crippen LogP contribution in [0.25, 0.3) is 11.4 Å². The number of nitrogens with one attached hydrogen (secondary N) is 1. The number of hydrogen-bond donors (Lipinski definition) is 1. The van der Waals surface area contributed by atoms with Crippen LogP contribution in [0.4, 0.5) is 13.2 Å². The van der Waals surface area contributed by atoms with Crippen molar-refractivity contribution in [3.63, 3.8) is 0 Å².